The first-order valence-corrected chi connectivity index (χ1v) is 3.86. The molecule has 7 heavy (non-hydrogen) atoms. The molecule has 0 fully saturated rings. The molecule has 0 saturated carbocycles. The van der Waals surface area contributed by atoms with Gasteiger partial charge in [-0.05, 0) is 6.42 Å². The Morgan fingerprint density at radius 3 is 2.86 bits per heavy atom. The molecule has 0 amide bonds. The van der Waals surface area contributed by atoms with Crippen molar-refractivity contribution in [2.45, 2.75) is 6.42 Å². The summed E-state index contributed by atoms with van der Waals surface area (Å²) in [5, 5.41) is 0. The lowest BCUT2D eigenvalue weighted by atomic mass is 10.3. The normalized spacial score (nSPS) is 17.6. The minimum Gasteiger partial charge on any atom is -0.0815 e. The van der Waals surface area contributed by atoms with E-state index in [0.717, 1.165) is 0 Å². The first-order chi connectivity index (χ1) is 3.43. The zero-order valence-corrected chi connectivity index (χ0v) is 6.18. The number of halogens is 1. The maximum Gasteiger partial charge on any atom is 0.0212 e. The fourth-order valence-corrected chi connectivity index (χ4v) is 1.16. The lowest BCUT2D eigenvalue weighted by Gasteiger charge is -1.87. The van der Waals surface area contributed by atoms with Crippen LogP contribution in [0.3, 0.4) is 0 Å². The molecule has 0 aromatic rings. The molecule has 1 aliphatic rings. The summed E-state index contributed by atoms with van der Waals surface area (Å²) < 4.78 is 1.19. The van der Waals surface area contributed by atoms with Crippen LogP contribution < -0.4 is 0 Å². The van der Waals surface area contributed by atoms with Crippen LogP contribution in [0.4, 0.5) is 0 Å². The van der Waals surface area contributed by atoms with Crippen LogP contribution in [0.2, 0.25) is 0 Å². The van der Waals surface area contributed by atoms with E-state index < -0.39 is 0 Å². The van der Waals surface area contributed by atoms with Crippen molar-refractivity contribution in [3.8, 4) is 0 Å². The molecule has 0 spiro atoms. The van der Waals surface area contributed by atoms with Crippen molar-refractivity contribution in [3.63, 3.8) is 0 Å². The number of alkyl halides is 1. The van der Waals surface area contributed by atoms with Gasteiger partial charge in [0.05, 0.1) is 0 Å². The lowest BCUT2D eigenvalue weighted by molar-refractivity contribution is 1.28. The van der Waals surface area contributed by atoms with Gasteiger partial charge in [-0.25, -0.2) is 0 Å². The van der Waals surface area contributed by atoms with Crippen LogP contribution in [-0.4, -0.2) is 4.43 Å². The van der Waals surface area contributed by atoms with Crippen LogP contribution in [0.1, 0.15) is 6.42 Å². The van der Waals surface area contributed by atoms with Crippen LogP contribution in [0.5, 0.6) is 0 Å². The summed E-state index contributed by atoms with van der Waals surface area (Å²) in [6.45, 7) is 0. The Balaban J connectivity index is 2.45. The Morgan fingerprint density at radius 1 is 1.71 bits per heavy atom. The SMILES string of the molecule is ICC1=CC=CC1. The quantitative estimate of drug-likeness (QED) is 0.456. The summed E-state index contributed by atoms with van der Waals surface area (Å²) in [6, 6.07) is 0. The molecule has 0 radical (unpaired) electrons. The van der Waals surface area contributed by atoms with Crippen molar-refractivity contribution >= 4 is 22.6 Å². The van der Waals surface area contributed by atoms with Crippen molar-refractivity contribution in [1.82, 2.24) is 0 Å². The Hall–Kier alpha value is 0.210. The molecule has 0 aliphatic heterocycles. The fraction of sp³-hybridized carbons (Fsp3) is 0.333. The van der Waals surface area contributed by atoms with E-state index in [-0.39, 0.29) is 0 Å². The van der Waals surface area contributed by atoms with Gasteiger partial charge in [0.1, 0.15) is 0 Å². The molecule has 0 bridgehead atoms. The van der Waals surface area contributed by atoms with Crippen molar-refractivity contribution in [2.75, 3.05) is 4.43 Å². The molecule has 0 unspecified atom stereocenters. The first-order valence-electron chi connectivity index (χ1n) is 2.34. The van der Waals surface area contributed by atoms with Crippen molar-refractivity contribution in [3.05, 3.63) is 23.8 Å². The second-order valence-corrected chi connectivity index (χ2v) is 2.35. The third-order valence-electron chi connectivity index (χ3n) is 1.02. The molecule has 38 valence electrons. The average Bonchev–Trinajstić information content (AvgIpc) is 2.14. The third-order valence-corrected chi connectivity index (χ3v) is 2.00. The van der Waals surface area contributed by atoms with E-state index in [1.165, 1.54) is 10.8 Å². The highest BCUT2D eigenvalue weighted by atomic mass is 127. The van der Waals surface area contributed by atoms with E-state index in [1.54, 1.807) is 5.57 Å². The van der Waals surface area contributed by atoms with Gasteiger partial charge in [0.2, 0.25) is 0 Å². The molecule has 1 heteroatoms. The van der Waals surface area contributed by atoms with Gasteiger partial charge < -0.3 is 0 Å². The molecule has 0 aromatic carbocycles. The summed E-state index contributed by atoms with van der Waals surface area (Å²) in [6.07, 6.45) is 7.68. The Bertz CT molecular complexity index is 111. The van der Waals surface area contributed by atoms with Crippen molar-refractivity contribution in [1.29, 1.82) is 0 Å². The van der Waals surface area contributed by atoms with Gasteiger partial charge in [-0.15, -0.1) is 0 Å². The van der Waals surface area contributed by atoms with Gasteiger partial charge in [-0.3, -0.25) is 0 Å². The van der Waals surface area contributed by atoms with E-state index >= 15 is 0 Å². The predicted molar refractivity (Wildman–Crippen MR) is 40.7 cm³/mol. The minimum atomic E-state index is 1.18. The Labute approximate surface area is 57.4 Å². The van der Waals surface area contributed by atoms with Crippen LogP contribution in [-0.2, 0) is 0 Å². The van der Waals surface area contributed by atoms with E-state index in [1.807, 2.05) is 0 Å². The van der Waals surface area contributed by atoms with E-state index in [4.69, 9.17) is 0 Å². The van der Waals surface area contributed by atoms with E-state index in [0.29, 0.717) is 0 Å². The minimum absolute atomic E-state index is 1.18. The van der Waals surface area contributed by atoms with E-state index in [9.17, 15) is 0 Å². The molecular weight excluding hydrogens is 199 g/mol. The maximum atomic E-state index is 2.38. The summed E-state index contributed by atoms with van der Waals surface area (Å²) in [5.74, 6) is 0. The molecule has 1 rings (SSSR count). The van der Waals surface area contributed by atoms with Crippen LogP contribution in [0, 0.1) is 0 Å². The summed E-state index contributed by atoms with van der Waals surface area (Å²) in [7, 11) is 0. The number of rotatable bonds is 1. The Kier molecular flexibility index (Phi) is 1.91. The highest BCUT2D eigenvalue weighted by Gasteiger charge is 1.93. The average molecular weight is 206 g/mol. The van der Waals surface area contributed by atoms with E-state index in [2.05, 4.69) is 40.8 Å². The fourth-order valence-electron chi connectivity index (χ4n) is 0.591. The van der Waals surface area contributed by atoms with Gasteiger partial charge in [0.25, 0.3) is 0 Å². The predicted octanol–water partition coefficient (Wildman–Crippen LogP) is 2.31. The van der Waals surface area contributed by atoms with Crippen LogP contribution >= 0.6 is 22.6 Å². The second-order valence-electron chi connectivity index (χ2n) is 1.59. The van der Waals surface area contributed by atoms with Gasteiger partial charge in [0, 0.05) is 4.43 Å². The number of hydrogen-bond acceptors (Lipinski definition) is 0. The van der Waals surface area contributed by atoms with Crippen molar-refractivity contribution in [2.24, 2.45) is 0 Å². The van der Waals surface area contributed by atoms with Crippen LogP contribution in [0.15, 0.2) is 23.8 Å². The molecule has 0 aromatic heterocycles. The Morgan fingerprint density at radius 2 is 2.57 bits per heavy atom. The maximum absolute atomic E-state index is 2.38. The summed E-state index contributed by atoms with van der Waals surface area (Å²) >= 11 is 2.38. The van der Waals surface area contributed by atoms with Gasteiger partial charge in [0.15, 0.2) is 0 Å². The highest BCUT2D eigenvalue weighted by Crippen LogP contribution is 2.11. The third kappa shape index (κ3) is 1.30. The first kappa shape index (κ1) is 5.35. The van der Waals surface area contributed by atoms with Gasteiger partial charge >= 0.3 is 0 Å². The lowest BCUT2D eigenvalue weighted by Crippen LogP contribution is -1.73. The highest BCUT2D eigenvalue weighted by molar-refractivity contribution is 14.1. The summed E-state index contributed by atoms with van der Waals surface area (Å²) in [5.41, 5.74) is 1.54. The molecule has 0 N–H and O–H groups in total. The smallest absolute Gasteiger partial charge is 0.0212 e. The topological polar surface area (TPSA) is 0 Å². The molecule has 0 nitrogen and oxygen atoms in total. The number of hydrogen-bond donors (Lipinski definition) is 0. The zero-order valence-electron chi connectivity index (χ0n) is 4.02. The van der Waals surface area contributed by atoms with Crippen molar-refractivity contribution < 1.29 is 0 Å². The second kappa shape index (κ2) is 2.50. The van der Waals surface area contributed by atoms with Gasteiger partial charge in [-0.2, -0.15) is 0 Å². The zero-order chi connectivity index (χ0) is 5.11. The summed E-state index contributed by atoms with van der Waals surface area (Å²) in [4.78, 5) is 0. The standard InChI is InChI=1S/C6H7I/c7-5-6-3-1-2-4-6/h1-3H,4-5H2. The van der Waals surface area contributed by atoms with Gasteiger partial charge in [-0.1, -0.05) is 46.4 Å². The number of allylic oxidation sites excluding steroid dienone is 4. The largest absolute Gasteiger partial charge is 0.0815 e. The monoisotopic (exact) mass is 206 g/mol. The molecular formula is C6H7I. The molecule has 0 atom stereocenters. The molecule has 1 aliphatic carbocycles. The molecule has 0 saturated heterocycles. The molecule has 0 heterocycles. The van der Waals surface area contributed by atoms with Crippen LogP contribution in [0.25, 0.3) is 0 Å².